The van der Waals surface area contributed by atoms with E-state index in [2.05, 4.69) is 48.6 Å². The topological polar surface area (TPSA) is 0 Å². The van der Waals surface area contributed by atoms with Crippen molar-refractivity contribution in [3.05, 3.63) is 59.7 Å². The van der Waals surface area contributed by atoms with Gasteiger partial charge in [0, 0.05) is 0 Å². The number of allylic oxidation sites excluding steroid dienone is 4. The molecule has 0 atom stereocenters. The van der Waals surface area contributed by atoms with Crippen LogP contribution < -0.4 is 0 Å². The maximum atomic E-state index is 2.38. The van der Waals surface area contributed by atoms with Gasteiger partial charge in [0.25, 0.3) is 0 Å². The van der Waals surface area contributed by atoms with E-state index in [1.165, 1.54) is 31.2 Å². The van der Waals surface area contributed by atoms with Crippen LogP contribution in [0.25, 0.3) is 0 Å². The minimum Gasteiger partial charge on any atom is -0.0844 e. The summed E-state index contributed by atoms with van der Waals surface area (Å²) in [5.74, 6) is 0. The van der Waals surface area contributed by atoms with Gasteiger partial charge in [-0.3, -0.25) is 0 Å². The Hall–Kier alpha value is -1.30. The van der Waals surface area contributed by atoms with E-state index in [4.69, 9.17) is 0 Å². The van der Waals surface area contributed by atoms with E-state index in [1.807, 2.05) is 0 Å². The Morgan fingerprint density at radius 3 is 2.53 bits per heavy atom. The second-order valence-electron chi connectivity index (χ2n) is 4.11. The Bertz CT molecular complexity index is 344. The molecule has 0 saturated carbocycles. The maximum absolute atomic E-state index is 2.38. The lowest BCUT2D eigenvalue weighted by atomic mass is 9.98. The monoisotopic (exact) mass is 198 g/mol. The Labute approximate surface area is 92.3 Å². The first-order valence-electron chi connectivity index (χ1n) is 5.82. The summed E-state index contributed by atoms with van der Waals surface area (Å²) in [5, 5.41) is 0. The van der Waals surface area contributed by atoms with Gasteiger partial charge < -0.3 is 0 Å². The summed E-state index contributed by atoms with van der Waals surface area (Å²) in [6.07, 6.45) is 13.0. The Kier molecular flexibility index (Phi) is 3.78. The van der Waals surface area contributed by atoms with Gasteiger partial charge in [-0.05, 0) is 37.7 Å². The van der Waals surface area contributed by atoms with Crippen LogP contribution in [0.4, 0.5) is 0 Å². The van der Waals surface area contributed by atoms with E-state index < -0.39 is 0 Å². The highest BCUT2D eigenvalue weighted by molar-refractivity contribution is 5.17. The van der Waals surface area contributed by atoms with Crippen molar-refractivity contribution in [1.82, 2.24) is 0 Å². The molecule has 0 radical (unpaired) electrons. The first kappa shape index (κ1) is 10.2. The summed E-state index contributed by atoms with van der Waals surface area (Å²) in [5.41, 5.74) is 3.08. The predicted octanol–water partition coefficient (Wildman–Crippen LogP) is 4.29. The van der Waals surface area contributed by atoms with Gasteiger partial charge in [-0.1, -0.05) is 54.1 Å². The van der Waals surface area contributed by atoms with Crippen molar-refractivity contribution >= 4 is 0 Å². The Balaban J connectivity index is 1.73. The van der Waals surface area contributed by atoms with E-state index in [9.17, 15) is 0 Å². The highest BCUT2D eigenvalue weighted by Gasteiger charge is 1.99. The van der Waals surface area contributed by atoms with E-state index in [0.717, 1.165) is 6.42 Å². The lowest BCUT2D eigenvalue weighted by Gasteiger charge is -2.08. The molecule has 0 aromatic heterocycles. The minimum absolute atomic E-state index is 1.14. The molecule has 0 nitrogen and oxygen atoms in total. The maximum Gasteiger partial charge on any atom is -0.0139 e. The van der Waals surface area contributed by atoms with Crippen molar-refractivity contribution in [2.75, 3.05) is 0 Å². The van der Waals surface area contributed by atoms with Crippen molar-refractivity contribution < 1.29 is 0 Å². The summed E-state index contributed by atoms with van der Waals surface area (Å²) in [4.78, 5) is 0. The van der Waals surface area contributed by atoms with Crippen molar-refractivity contribution in [3.8, 4) is 0 Å². The van der Waals surface area contributed by atoms with E-state index in [-0.39, 0.29) is 0 Å². The molecule has 0 amide bonds. The highest BCUT2D eigenvalue weighted by Crippen LogP contribution is 2.17. The quantitative estimate of drug-likeness (QED) is 0.633. The molecule has 1 aliphatic rings. The van der Waals surface area contributed by atoms with E-state index in [1.54, 1.807) is 5.57 Å². The average molecular weight is 198 g/mol. The molecule has 78 valence electrons. The van der Waals surface area contributed by atoms with Gasteiger partial charge in [0.15, 0.2) is 0 Å². The third-order valence-electron chi connectivity index (χ3n) is 2.90. The summed E-state index contributed by atoms with van der Waals surface area (Å²) < 4.78 is 0. The van der Waals surface area contributed by atoms with Crippen molar-refractivity contribution in [3.63, 3.8) is 0 Å². The summed E-state index contributed by atoms with van der Waals surface area (Å²) in [7, 11) is 0. The van der Waals surface area contributed by atoms with Gasteiger partial charge in [0.1, 0.15) is 0 Å². The molecule has 0 spiro atoms. The lowest BCUT2D eigenvalue weighted by molar-refractivity contribution is 0.790. The van der Waals surface area contributed by atoms with Crippen LogP contribution in [0.3, 0.4) is 0 Å². The molecule has 0 bridgehead atoms. The van der Waals surface area contributed by atoms with Crippen LogP contribution >= 0.6 is 0 Å². The van der Waals surface area contributed by atoms with Gasteiger partial charge in [0.2, 0.25) is 0 Å². The molecule has 1 aromatic rings. The largest absolute Gasteiger partial charge is 0.0844 e. The summed E-state index contributed by atoms with van der Waals surface area (Å²) in [6.45, 7) is 0. The molecule has 1 aromatic carbocycles. The standard InChI is InChI=1S/C15H18/c1-3-8-14(9-4-1)12-7-13-15-10-5-2-6-11-15/h1-5,8-9,11H,6-7,10,12-13H2. The Morgan fingerprint density at radius 2 is 1.80 bits per heavy atom. The second-order valence-corrected chi connectivity index (χ2v) is 4.11. The van der Waals surface area contributed by atoms with Crippen molar-refractivity contribution in [1.29, 1.82) is 0 Å². The van der Waals surface area contributed by atoms with Gasteiger partial charge in [-0.25, -0.2) is 0 Å². The van der Waals surface area contributed by atoms with Crippen molar-refractivity contribution in [2.24, 2.45) is 0 Å². The first-order chi connectivity index (χ1) is 7.45. The number of benzene rings is 1. The summed E-state index contributed by atoms with van der Waals surface area (Å²) in [6, 6.07) is 10.8. The van der Waals surface area contributed by atoms with Crippen LogP contribution in [-0.4, -0.2) is 0 Å². The molecule has 0 heterocycles. The molecule has 0 N–H and O–H groups in total. The van der Waals surface area contributed by atoms with Crippen LogP contribution in [0.5, 0.6) is 0 Å². The first-order valence-corrected chi connectivity index (χ1v) is 5.82. The van der Waals surface area contributed by atoms with Gasteiger partial charge in [-0.15, -0.1) is 0 Å². The van der Waals surface area contributed by atoms with Crippen molar-refractivity contribution in [2.45, 2.75) is 32.1 Å². The number of hydrogen-bond acceptors (Lipinski definition) is 0. The molecule has 0 heteroatoms. The van der Waals surface area contributed by atoms with Crippen LogP contribution in [0.2, 0.25) is 0 Å². The minimum atomic E-state index is 1.14. The molecule has 15 heavy (non-hydrogen) atoms. The normalized spacial score (nSPS) is 15.1. The smallest absolute Gasteiger partial charge is 0.0139 e. The second kappa shape index (κ2) is 5.55. The highest BCUT2D eigenvalue weighted by atomic mass is 14.0. The number of rotatable bonds is 4. The average Bonchev–Trinajstić information content (AvgIpc) is 2.32. The molecule has 0 aliphatic heterocycles. The fraction of sp³-hybridized carbons (Fsp3) is 0.333. The van der Waals surface area contributed by atoms with Gasteiger partial charge in [-0.2, -0.15) is 0 Å². The SMILES string of the molecule is C1=CCC(CCCc2ccccc2)=CC1. The Morgan fingerprint density at radius 1 is 0.933 bits per heavy atom. The molecule has 2 rings (SSSR count). The van der Waals surface area contributed by atoms with Crippen LogP contribution in [0.1, 0.15) is 31.2 Å². The third-order valence-corrected chi connectivity index (χ3v) is 2.90. The molecule has 0 saturated heterocycles. The van der Waals surface area contributed by atoms with Gasteiger partial charge in [0.05, 0.1) is 0 Å². The van der Waals surface area contributed by atoms with E-state index in [0.29, 0.717) is 0 Å². The molecular weight excluding hydrogens is 180 g/mol. The molecular formula is C15H18. The zero-order valence-corrected chi connectivity index (χ0v) is 9.15. The number of hydrogen-bond donors (Lipinski definition) is 0. The molecule has 0 unspecified atom stereocenters. The van der Waals surface area contributed by atoms with E-state index >= 15 is 0 Å². The predicted molar refractivity (Wildman–Crippen MR) is 65.8 cm³/mol. The zero-order valence-electron chi connectivity index (χ0n) is 9.15. The third kappa shape index (κ3) is 3.39. The molecule has 0 fully saturated rings. The summed E-state index contributed by atoms with van der Waals surface area (Å²) >= 11 is 0. The molecule has 1 aliphatic carbocycles. The zero-order chi connectivity index (χ0) is 10.3. The van der Waals surface area contributed by atoms with Gasteiger partial charge >= 0.3 is 0 Å². The van der Waals surface area contributed by atoms with Crippen LogP contribution in [-0.2, 0) is 6.42 Å². The van der Waals surface area contributed by atoms with Crippen LogP contribution in [0, 0.1) is 0 Å². The fourth-order valence-corrected chi connectivity index (χ4v) is 2.02. The van der Waals surface area contributed by atoms with Crippen LogP contribution in [0.15, 0.2) is 54.1 Å². The fourth-order valence-electron chi connectivity index (χ4n) is 2.02. The number of aryl methyl sites for hydroxylation is 1. The lowest BCUT2D eigenvalue weighted by Crippen LogP contribution is -1.90.